The average Bonchev–Trinajstić information content (AvgIpc) is 3.33. The van der Waals surface area contributed by atoms with Crippen molar-refractivity contribution in [1.29, 1.82) is 0 Å². The van der Waals surface area contributed by atoms with Gasteiger partial charge in [0, 0.05) is 17.1 Å². The van der Waals surface area contributed by atoms with Crippen LogP contribution in [0.2, 0.25) is 0 Å². The van der Waals surface area contributed by atoms with E-state index in [0.29, 0.717) is 28.3 Å². The number of carbonyl (C=O) groups excluding carboxylic acids is 2. The lowest BCUT2D eigenvalue weighted by Crippen LogP contribution is -2.24. The molecule has 0 radical (unpaired) electrons. The van der Waals surface area contributed by atoms with Crippen LogP contribution in [0.5, 0.6) is 11.5 Å². The third kappa shape index (κ3) is 7.52. The Bertz CT molecular complexity index is 899. The van der Waals surface area contributed by atoms with E-state index >= 15 is 0 Å². The minimum absolute atomic E-state index is 0.148. The molecule has 1 aliphatic rings. The zero-order chi connectivity index (χ0) is 21.9. The normalized spacial score (nSPS) is 13.8. The van der Waals surface area contributed by atoms with Crippen LogP contribution in [-0.4, -0.2) is 49.4 Å². The predicted molar refractivity (Wildman–Crippen MR) is 124 cm³/mol. The molecular formula is C22H24N2O5S2. The van der Waals surface area contributed by atoms with Gasteiger partial charge in [0.1, 0.15) is 11.5 Å². The molecule has 3 rings (SSSR count). The van der Waals surface area contributed by atoms with E-state index in [1.54, 1.807) is 31.2 Å². The molecule has 164 valence electrons. The fraction of sp³-hybridized carbons (Fsp3) is 0.318. The quantitative estimate of drug-likeness (QED) is 0.329. The molecule has 0 spiro atoms. The first-order chi connectivity index (χ1) is 15.2. The second-order valence-electron chi connectivity index (χ2n) is 6.36. The van der Waals surface area contributed by atoms with Crippen LogP contribution in [0.4, 0.5) is 0 Å². The van der Waals surface area contributed by atoms with Crippen LogP contribution in [0.3, 0.4) is 0 Å². The maximum absolute atomic E-state index is 12.0. The highest BCUT2D eigenvalue weighted by atomic mass is 32.2. The number of amides is 1. The van der Waals surface area contributed by atoms with Crippen molar-refractivity contribution < 1.29 is 23.8 Å². The predicted octanol–water partition coefficient (Wildman–Crippen LogP) is 3.64. The van der Waals surface area contributed by atoms with Crippen molar-refractivity contribution in [3.05, 3.63) is 59.7 Å². The van der Waals surface area contributed by atoms with Gasteiger partial charge in [-0.25, -0.2) is 10.2 Å². The summed E-state index contributed by atoms with van der Waals surface area (Å²) in [4.78, 5) is 23.5. The fourth-order valence-corrected chi connectivity index (χ4v) is 5.54. The highest BCUT2D eigenvalue weighted by molar-refractivity contribution is 8.19. The third-order valence-corrected chi connectivity index (χ3v) is 7.21. The van der Waals surface area contributed by atoms with Crippen molar-refractivity contribution in [1.82, 2.24) is 5.43 Å². The SMILES string of the molecule is CCOC(=O)COc1ccccc1/C=N\NC(=O)COc1ccc(C2SCCS2)cc1. The summed E-state index contributed by atoms with van der Waals surface area (Å²) in [6, 6.07) is 14.9. The van der Waals surface area contributed by atoms with Crippen molar-refractivity contribution >= 4 is 41.6 Å². The molecule has 31 heavy (non-hydrogen) atoms. The minimum Gasteiger partial charge on any atom is -0.484 e. The van der Waals surface area contributed by atoms with E-state index in [0.717, 1.165) is 0 Å². The summed E-state index contributed by atoms with van der Waals surface area (Å²) < 4.78 is 16.3. The van der Waals surface area contributed by atoms with Gasteiger partial charge in [0.25, 0.3) is 5.91 Å². The van der Waals surface area contributed by atoms with Crippen molar-refractivity contribution in [3.8, 4) is 11.5 Å². The van der Waals surface area contributed by atoms with Crippen LogP contribution < -0.4 is 14.9 Å². The molecule has 0 saturated carbocycles. The molecule has 1 fully saturated rings. The Hall–Kier alpha value is -2.65. The Labute approximate surface area is 189 Å². The summed E-state index contributed by atoms with van der Waals surface area (Å²) in [5, 5.41) is 3.94. The van der Waals surface area contributed by atoms with Crippen molar-refractivity contribution in [2.24, 2.45) is 5.10 Å². The summed E-state index contributed by atoms with van der Waals surface area (Å²) in [5.41, 5.74) is 4.30. The van der Waals surface area contributed by atoms with E-state index in [4.69, 9.17) is 14.2 Å². The minimum atomic E-state index is -0.450. The number of thioether (sulfide) groups is 2. The van der Waals surface area contributed by atoms with E-state index in [-0.39, 0.29) is 19.1 Å². The van der Waals surface area contributed by atoms with Crippen LogP contribution in [-0.2, 0) is 14.3 Å². The summed E-state index contributed by atoms with van der Waals surface area (Å²) in [5.74, 6) is 2.62. The summed E-state index contributed by atoms with van der Waals surface area (Å²) in [6.07, 6.45) is 1.45. The van der Waals surface area contributed by atoms with Gasteiger partial charge >= 0.3 is 5.97 Å². The Morgan fingerprint density at radius 2 is 1.81 bits per heavy atom. The molecule has 1 amide bonds. The van der Waals surface area contributed by atoms with Crippen LogP contribution in [0.25, 0.3) is 0 Å². The Kier molecular flexibility index (Phi) is 9.11. The third-order valence-electron chi connectivity index (χ3n) is 4.11. The van der Waals surface area contributed by atoms with Gasteiger partial charge in [-0.3, -0.25) is 4.79 Å². The maximum atomic E-state index is 12.0. The molecule has 9 heteroatoms. The molecule has 7 nitrogen and oxygen atoms in total. The number of hydrogen-bond acceptors (Lipinski definition) is 8. The van der Waals surface area contributed by atoms with Crippen LogP contribution in [0.1, 0.15) is 22.6 Å². The highest BCUT2D eigenvalue weighted by Gasteiger charge is 2.18. The lowest BCUT2D eigenvalue weighted by Gasteiger charge is -2.10. The molecule has 1 N–H and O–H groups in total. The van der Waals surface area contributed by atoms with Gasteiger partial charge < -0.3 is 14.2 Å². The van der Waals surface area contributed by atoms with E-state index in [2.05, 4.69) is 10.5 Å². The van der Waals surface area contributed by atoms with Gasteiger partial charge in [-0.2, -0.15) is 5.10 Å². The molecular weight excluding hydrogens is 436 g/mol. The van der Waals surface area contributed by atoms with Gasteiger partial charge in [0.15, 0.2) is 13.2 Å². The smallest absolute Gasteiger partial charge is 0.344 e. The lowest BCUT2D eigenvalue weighted by atomic mass is 10.2. The molecule has 1 heterocycles. The van der Waals surface area contributed by atoms with Gasteiger partial charge in [-0.05, 0) is 36.8 Å². The second kappa shape index (κ2) is 12.3. The monoisotopic (exact) mass is 460 g/mol. The number of hydrogen-bond donors (Lipinski definition) is 1. The largest absolute Gasteiger partial charge is 0.484 e. The van der Waals surface area contributed by atoms with E-state index < -0.39 is 5.97 Å². The summed E-state index contributed by atoms with van der Waals surface area (Å²) >= 11 is 3.89. The van der Waals surface area contributed by atoms with Crippen LogP contribution >= 0.6 is 23.5 Å². The first-order valence-corrected chi connectivity index (χ1v) is 11.9. The molecule has 0 bridgehead atoms. The van der Waals surface area contributed by atoms with Crippen molar-refractivity contribution in [2.75, 3.05) is 31.3 Å². The summed E-state index contributed by atoms with van der Waals surface area (Å²) in [7, 11) is 0. The summed E-state index contributed by atoms with van der Waals surface area (Å²) in [6.45, 7) is 1.68. The molecule has 0 atom stereocenters. The fourth-order valence-electron chi connectivity index (χ4n) is 2.68. The standard InChI is InChI=1S/C22H24N2O5S2/c1-2-27-21(26)15-29-19-6-4-3-5-17(19)13-23-24-20(25)14-28-18-9-7-16(8-10-18)22-30-11-12-31-22/h3-10,13,22H,2,11-12,14-15H2,1H3,(H,24,25)/b23-13-. The number of nitrogens with zero attached hydrogens (tertiary/aromatic N) is 1. The Morgan fingerprint density at radius 1 is 1.06 bits per heavy atom. The van der Waals surface area contributed by atoms with E-state index in [1.165, 1.54) is 23.3 Å². The first kappa shape index (κ1) is 23.0. The number of nitrogens with one attached hydrogen (secondary N) is 1. The van der Waals surface area contributed by atoms with E-state index in [1.807, 2.05) is 47.8 Å². The molecule has 1 aliphatic heterocycles. The van der Waals surface area contributed by atoms with Crippen molar-refractivity contribution in [2.45, 2.75) is 11.5 Å². The molecule has 0 aromatic heterocycles. The number of benzene rings is 2. The second-order valence-corrected chi connectivity index (χ2v) is 9.08. The number of para-hydroxylation sites is 1. The lowest BCUT2D eigenvalue weighted by molar-refractivity contribution is -0.145. The zero-order valence-corrected chi connectivity index (χ0v) is 18.7. The molecule has 1 saturated heterocycles. The van der Waals surface area contributed by atoms with Crippen LogP contribution in [0.15, 0.2) is 53.6 Å². The zero-order valence-electron chi connectivity index (χ0n) is 17.1. The van der Waals surface area contributed by atoms with Crippen molar-refractivity contribution in [3.63, 3.8) is 0 Å². The first-order valence-electron chi connectivity index (χ1n) is 9.81. The molecule has 2 aromatic carbocycles. The maximum Gasteiger partial charge on any atom is 0.344 e. The highest BCUT2D eigenvalue weighted by Crippen LogP contribution is 2.45. The Morgan fingerprint density at radius 3 is 2.55 bits per heavy atom. The Balaban J connectivity index is 1.44. The van der Waals surface area contributed by atoms with Gasteiger partial charge in [-0.1, -0.05) is 24.3 Å². The van der Waals surface area contributed by atoms with Gasteiger partial charge in [0.2, 0.25) is 0 Å². The number of hydrazone groups is 1. The molecule has 0 aliphatic carbocycles. The topological polar surface area (TPSA) is 86.2 Å². The average molecular weight is 461 g/mol. The number of ether oxygens (including phenoxy) is 3. The van der Waals surface area contributed by atoms with Gasteiger partial charge in [-0.15, -0.1) is 23.5 Å². The molecule has 0 unspecified atom stereocenters. The van der Waals surface area contributed by atoms with Crippen LogP contribution in [0, 0.1) is 0 Å². The number of carbonyl (C=O) groups is 2. The molecule has 2 aromatic rings. The van der Waals surface area contributed by atoms with Gasteiger partial charge in [0.05, 0.1) is 17.4 Å². The number of rotatable bonds is 10. The number of esters is 1. The van der Waals surface area contributed by atoms with E-state index in [9.17, 15) is 9.59 Å².